The number of aliphatic imine (C=N–C) groups is 1. The highest BCUT2D eigenvalue weighted by molar-refractivity contribution is 5.83. The standard InChI is InChI=1S/C30H36F4N8O2/c1-17(35)4-3-5-20-12-23(26(31)25(13-20)44-30(32,33)34)24-14-21-16-42(29(43)41-27(21)40-24)22-8-6-19(7-9-22)15-39-18(2)10-11-38-28(36)37/h6-9,12-14,16-18,39H,3-5,10-11,15,35H2,1-2H3,(H4,36,37,38)(H,40,41,43)/t17-,18+/m0/s1. The van der Waals surface area contributed by atoms with E-state index >= 15 is 4.39 Å². The molecule has 0 bridgehead atoms. The molecule has 2 heterocycles. The van der Waals surface area contributed by atoms with E-state index in [2.05, 4.69) is 25.0 Å². The zero-order chi connectivity index (χ0) is 32.0. The molecule has 0 aliphatic carbocycles. The van der Waals surface area contributed by atoms with Crippen molar-refractivity contribution < 1.29 is 22.3 Å². The van der Waals surface area contributed by atoms with Crippen LogP contribution in [0.3, 0.4) is 0 Å². The summed E-state index contributed by atoms with van der Waals surface area (Å²) >= 11 is 0. The minimum Gasteiger partial charge on any atom is -0.403 e. The van der Waals surface area contributed by atoms with Gasteiger partial charge in [-0.25, -0.2) is 9.18 Å². The number of nitrogens with two attached hydrogens (primary N) is 3. The summed E-state index contributed by atoms with van der Waals surface area (Å²) in [6.45, 7) is 4.96. The van der Waals surface area contributed by atoms with Crippen LogP contribution in [0, 0.1) is 5.82 Å². The highest BCUT2D eigenvalue weighted by Gasteiger charge is 2.33. The second-order valence-electron chi connectivity index (χ2n) is 10.8. The van der Waals surface area contributed by atoms with Crippen molar-refractivity contribution in [2.45, 2.75) is 64.5 Å². The lowest BCUT2D eigenvalue weighted by Crippen LogP contribution is -2.27. The Kier molecular flexibility index (Phi) is 10.3. The molecule has 0 aliphatic heterocycles. The molecule has 0 saturated carbocycles. The Morgan fingerprint density at radius 1 is 1.11 bits per heavy atom. The maximum Gasteiger partial charge on any atom is 0.573 e. The Bertz CT molecular complexity index is 1660. The molecule has 4 aromatic rings. The summed E-state index contributed by atoms with van der Waals surface area (Å²) in [6.07, 6.45) is -1.17. The average Bonchev–Trinajstić information content (AvgIpc) is 3.34. The Morgan fingerprint density at radius 2 is 1.84 bits per heavy atom. The van der Waals surface area contributed by atoms with Gasteiger partial charge in [0.1, 0.15) is 5.65 Å². The van der Waals surface area contributed by atoms with Gasteiger partial charge in [-0.3, -0.25) is 9.56 Å². The number of H-pyrrole nitrogens is 1. The number of nitrogens with zero attached hydrogens (tertiary/aromatic N) is 3. The number of hydrogen-bond donors (Lipinski definition) is 5. The van der Waals surface area contributed by atoms with Crippen molar-refractivity contribution >= 4 is 17.0 Å². The largest absolute Gasteiger partial charge is 0.573 e. The number of fused-ring (bicyclic) bond motifs is 1. The fourth-order valence-corrected chi connectivity index (χ4v) is 4.70. The van der Waals surface area contributed by atoms with Gasteiger partial charge in [-0.2, -0.15) is 4.98 Å². The van der Waals surface area contributed by atoms with Crippen LogP contribution in [0.4, 0.5) is 17.6 Å². The van der Waals surface area contributed by atoms with E-state index < -0.39 is 23.6 Å². The van der Waals surface area contributed by atoms with Crippen LogP contribution in [-0.4, -0.2) is 45.5 Å². The molecule has 10 nitrogen and oxygen atoms in total. The van der Waals surface area contributed by atoms with Crippen LogP contribution in [0.15, 0.2) is 58.4 Å². The molecule has 2 aromatic carbocycles. The van der Waals surface area contributed by atoms with Gasteiger partial charge in [-0.15, -0.1) is 13.2 Å². The third-order valence-corrected chi connectivity index (χ3v) is 6.97. The monoisotopic (exact) mass is 616 g/mol. The third kappa shape index (κ3) is 8.80. The molecule has 44 heavy (non-hydrogen) atoms. The summed E-state index contributed by atoms with van der Waals surface area (Å²) in [5, 5.41) is 3.84. The first-order valence-electron chi connectivity index (χ1n) is 14.1. The van der Waals surface area contributed by atoms with E-state index in [1.807, 2.05) is 26.0 Å². The van der Waals surface area contributed by atoms with Crippen LogP contribution >= 0.6 is 0 Å². The summed E-state index contributed by atoms with van der Waals surface area (Å²) in [5.41, 5.74) is 18.1. The molecule has 4 rings (SSSR count). The number of benzene rings is 2. The molecular weight excluding hydrogens is 580 g/mol. The second-order valence-corrected chi connectivity index (χ2v) is 10.8. The molecule has 0 radical (unpaired) electrons. The van der Waals surface area contributed by atoms with Gasteiger partial charge in [0, 0.05) is 42.3 Å². The van der Waals surface area contributed by atoms with Gasteiger partial charge in [0.15, 0.2) is 17.5 Å². The van der Waals surface area contributed by atoms with E-state index in [1.165, 1.54) is 16.7 Å². The molecule has 0 aliphatic rings. The molecule has 14 heteroatoms. The number of aryl methyl sites for hydroxylation is 1. The minimum atomic E-state index is -5.08. The van der Waals surface area contributed by atoms with E-state index in [1.54, 1.807) is 18.3 Å². The summed E-state index contributed by atoms with van der Waals surface area (Å²) in [4.78, 5) is 23.8. The first kappa shape index (κ1) is 32.5. The van der Waals surface area contributed by atoms with Crippen molar-refractivity contribution in [3.8, 4) is 22.7 Å². The highest BCUT2D eigenvalue weighted by Crippen LogP contribution is 2.35. The average molecular weight is 617 g/mol. The number of nitrogens with one attached hydrogen (secondary N) is 2. The summed E-state index contributed by atoms with van der Waals surface area (Å²) < 4.78 is 59.9. The number of rotatable bonds is 13. The zero-order valence-corrected chi connectivity index (χ0v) is 24.4. The quantitative estimate of drug-likeness (QED) is 0.0853. The number of aromatic nitrogens is 3. The predicted octanol–water partition coefficient (Wildman–Crippen LogP) is 4.23. The summed E-state index contributed by atoms with van der Waals surface area (Å²) in [7, 11) is 0. The fourth-order valence-electron chi connectivity index (χ4n) is 4.70. The molecule has 0 unspecified atom stereocenters. The van der Waals surface area contributed by atoms with Crippen LogP contribution in [0.2, 0.25) is 0 Å². The molecule has 0 amide bonds. The normalized spacial score (nSPS) is 13.2. The SMILES string of the molecule is C[C@H](N)CCCc1cc(OC(F)(F)F)c(F)c(-c2cc3cn(-c4ccc(CN[C@H](C)CCN=C(N)N)cc4)c(=O)nc3[nH]2)c1. The first-order valence-corrected chi connectivity index (χ1v) is 14.1. The van der Waals surface area contributed by atoms with Gasteiger partial charge in [0.2, 0.25) is 0 Å². The maximum atomic E-state index is 15.3. The lowest BCUT2D eigenvalue weighted by Gasteiger charge is -2.14. The van der Waals surface area contributed by atoms with Gasteiger partial charge in [0.25, 0.3) is 0 Å². The lowest BCUT2D eigenvalue weighted by atomic mass is 10.0. The molecule has 0 fully saturated rings. The van der Waals surface area contributed by atoms with Gasteiger partial charge < -0.3 is 32.2 Å². The van der Waals surface area contributed by atoms with E-state index in [4.69, 9.17) is 17.2 Å². The van der Waals surface area contributed by atoms with Crippen LogP contribution in [0.5, 0.6) is 5.75 Å². The number of halogens is 4. The molecule has 0 spiro atoms. The van der Waals surface area contributed by atoms with Gasteiger partial charge in [0.05, 0.1) is 11.4 Å². The van der Waals surface area contributed by atoms with Crippen LogP contribution in [-0.2, 0) is 13.0 Å². The number of ether oxygens (including phenoxy) is 1. The molecule has 8 N–H and O–H groups in total. The van der Waals surface area contributed by atoms with E-state index in [0.717, 1.165) is 18.1 Å². The van der Waals surface area contributed by atoms with Crippen molar-refractivity contribution in [3.05, 3.63) is 76.1 Å². The van der Waals surface area contributed by atoms with Gasteiger partial charge in [-0.05, 0) is 81.0 Å². The maximum absolute atomic E-state index is 15.3. The van der Waals surface area contributed by atoms with Crippen LogP contribution in [0.25, 0.3) is 28.0 Å². The van der Waals surface area contributed by atoms with Crippen molar-refractivity contribution in [2.75, 3.05) is 6.54 Å². The smallest absolute Gasteiger partial charge is 0.403 e. The van der Waals surface area contributed by atoms with Gasteiger partial charge in [-0.1, -0.05) is 12.1 Å². The molecular formula is C30H36F4N8O2. The molecule has 0 saturated heterocycles. The zero-order valence-electron chi connectivity index (χ0n) is 24.4. The summed E-state index contributed by atoms with van der Waals surface area (Å²) in [6, 6.07) is 11.4. The third-order valence-electron chi connectivity index (χ3n) is 6.97. The Balaban J connectivity index is 1.58. The molecule has 2 atom stereocenters. The number of hydrogen-bond acceptors (Lipinski definition) is 6. The molecule has 2 aromatic heterocycles. The van der Waals surface area contributed by atoms with E-state index in [0.29, 0.717) is 49.0 Å². The Hall–Kier alpha value is -4.43. The van der Waals surface area contributed by atoms with Crippen molar-refractivity contribution in [1.29, 1.82) is 0 Å². The van der Waals surface area contributed by atoms with E-state index in [-0.39, 0.29) is 34.9 Å². The number of aromatic amines is 1. The van der Waals surface area contributed by atoms with E-state index in [9.17, 15) is 18.0 Å². The Morgan fingerprint density at radius 3 is 2.50 bits per heavy atom. The fraction of sp³-hybridized carbons (Fsp3) is 0.367. The van der Waals surface area contributed by atoms with Crippen molar-refractivity contribution in [2.24, 2.45) is 22.2 Å². The lowest BCUT2D eigenvalue weighted by molar-refractivity contribution is -0.275. The Labute approximate surface area is 251 Å². The topological polar surface area (TPSA) is 162 Å². The van der Waals surface area contributed by atoms with Gasteiger partial charge >= 0.3 is 12.1 Å². The second kappa shape index (κ2) is 13.9. The minimum absolute atomic E-state index is 0.0568. The van der Waals surface area contributed by atoms with Crippen molar-refractivity contribution in [1.82, 2.24) is 19.9 Å². The summed E-state index contributed by atoms with van der Waals surface area (Å²) in [5.74, 6) is -2.06. The highest BCUT2D eigenvalue weighted by atomic mass is 19.4. The first-order chi connectivity index (χ1) is 20.8. The number of alkyl halides is 3. The van der Waals surface area contributed by atoms with Crippen molar-refractivity contribution in [3.63, 3.8) is 0 Å². The molecule has 236 valence electrons. The number of guanidine groups is 1. The van der Waals surface area contributed by atoms with Crippen LogP contribution < -0.4 is 32.9 Å². The predicted molar refractivity (Wildman–Crippen MR) is 162 cm³/mol. The van der Waals surface area contributed by atoms with Crippen LogP contribution in [0.1, 0.15) is 44.2 Å².